The number of halogens is 3. The van der Waals surface area contributed by atoms with Crippen LogP contribution >= 0.6 is 11.3 Å². The highest BCUT2D eigenvalue weighted by Crippen LogP contribution is 2.33. The maximum Gasteiger partial charge on any atom is 0.393 e. The van der Waals surface area contributed by atoms with Crippen LogP contribution in [-0.4, -0.2) is 35.7 Å². The largest absolute Gasteiger partial charge is 0.393 e. The molecule has 0 amide bonds. The van der Waals surface area contributed by atoms with E-state index < -0.39 is 12.1 Å². The number of thiazole rings is 1. The van der Waals surface area contributed by atoms with E-state index in [-0.39, 0.29) is 13.0 Å². The van der Waals surface area contributed by atoms with E-state index in [4.69, 9.17) is 0 Å². The average molecular weight is 321 g/mol. The number of rotatable bonds is 6. The standard InChI is InChI=1S/C14H22F3N3S/c1-2-5-18-7-13-19-12(10-21-13)9-20-6-3-4-11(8-20)14(15,16)17/h10-11,18H,2-9H2,1H3. The molecule has 21 heavy (non-hydrogen) atoms. The van der Waals surface area contributed by atoms with Crippen molar-refractivity contribution in [1.29, 1.82) is 0 Å². The fourth-order valence-electron chi connectivity index (χ4n) is 2.57. The van der Waals surface area contributed by atoms with Crippen LogP contribution in [0, 0.1) is 5.92 Å². The molecule has 1 aliphatic heterocycles. The van der Waals surface area contributed by atoms with Gasteiger partial charge in [-0.15, -0.1) is 11.3 Å². The van der Waals surface area contributed by atoms with Crippen molar-refractivity contribution < 1.29 is 13.2 Å². The number of aromatic nitrogens is 1. The zero-order valence-corrected chi connectivity index (χ0v) is 13.1. The highest BCUT2D eigenvalue weighted by Gasteiger charge is 2.41. The lowest BCUT2D eigenvalue weighted by Crippen LogP contribution is -2.41. The molecule has 1 unspecified atom stereocenters. The van der Waals surface area contributed by atoms with E-state index in [1.807, 2.05) is 10.3 Å². The molecule has 2 rings (SSSR count). The van der Waals surface area contributed by atoms with Crippen LogP contribution in [0.5, 0.6) is 0 Å². The molecule has 1 aliphatic rings. The van der Waals surface area contributed by atoms with Crippen molar-refractivity contribution in [2.24, 2.45) is 5.92 Å². The quantitative estimate of drug-likeness (QED) is 0.814. The zero-order chi connectivity index (χ0) is 15.3. The molecule has 0 aromatic carbocycles. The second-order valence-electron chi connectivity index (χ2n) is 5.53. The van der Waals surface area contributed by atoms with Crippen LogP contribution in [0.4, 0.5) is 13.2 Å². The van der Waals surface area contributed by atoms with E-state index in [0.29, 0.717) is 13.0 Å². The second-order valence-corrected chi connectivity index (χ2v) is 6.47. The fraction of sp³-hybridized carbons (Fsp3) is 0.786. The second kappa shape index (κ2) is 7.56. The van der Waals surface area contributed by atoms with Gasteiger partial charge < -0.3 is 5.32 Å². The number of likely N-dealkylation sites (tertiary alicyclic amines) is 1. The lowest BCUT2D eigenvalue weighted by molar-refractivity contribution is -0.187. The molecule has 120 valence electrons. The summed E-state index contributed by atoms with van der Waals surface area (Å²) in [6.07, 6.45) is -2.14. The summed E-state index contributed by atoms with van der Waals surface area (Å²) < 4.78 is 38.3. The van der Waals surface area contributed by atoms with Gasteiger partial charge in [0.15, 0.2) is 0 Å². The van der Waals surface area contributed by atoms with Crippen molar-refractivity contribution in [3.8, 4) is 0 Å². The average Bonchev–Trinajstić information content (AvgIpc) is 2.86. The molecule has 0 spiro atoms. The van der Waals surface area contributed by atoms with Gasteiger partial charge in [0, 0.05) is 25.0 Å². The van der Waals surface area contributed by atoms with Crippen molar-refractivity contribution in [3.05, 3.63) is 16.1 Å². The van der Waals surface area contributed by atoms with Crippen LogP contribution in [0.3, 0.4) is 0 Å². The Kier molecular flexibility index (Phi) is 6.01. The first kappa shape index (κ1) is 16.7. The van der Waals surface area contributed by atoms with E-state index in [9.17, 15) is 13.2 Å². The van der Waals surface area contributed by atoms with Crippen LogP contribution in [0.25, 0.3) is 0 Å². The van der Waals surface area contributed by atoms with Gasteiger partial charge >= 0.3 is 6.18 Å². The number of hydrogen-bond donors (Lipinski definition) is 1. The Morgan fingerprint density at radius 1 is 1.48 bits per heavy atom. The number of alkyl halides is 3. The summed E-state index contributed by atoms with van der Waals surface area (Å²) in [7, 11) is 0. The third-order valence-corrected chi connectivity index (χ3v) is 4.55. The third kappa shape index (κ3) is 5.23. The highest BCUT2D eigenvalue weighted by atomic mass is 32.1. The molecule has 1 aromatic heterocycles. The predicted octanol–water partition coefficient (Wildman–Crippen LogP) is 3.42. The zero-order valence-electron chi connectivity index (χ0n) is 12.2. The van der Waals surface area contributed by atoms with Crippen molar-refractivity contribution in [2.45, 2.75) is 45.5 Å². The van der Waals surface area contributed by atoms with E-state index >= 15 is 0 Å². The summed E-state index contributed by atoms with van der Waals surface area (Å²) in [4.78, 5) is 6.37. The van der Waals surface area contributed by atoms with Gasteiger partial charge in [0.05, 0.1) is 11.6 Å². The molecule has 2 heterocycles. The first-order valence-corrected chi connectivity index (χ1v) is 8.30. The molecule has 1 atom stereocenters. The van der Waals surface area contributed by atoms with Crippen LogP contribution in [-0.2, 0) is 13.1 Å². The van der Waals surface area contributed by atoms with Gasteiger partial charge in [0.2, 0.25) is 0 Å². The Labute approximate surface area is 127 Å². The van der Waals surface area contributed by atoms with Crippen LogP contribution in [0.1, 0.15) is 36.9 Å². The van der Waals surface area contributed by atoms with E-state index in [1.54, 1.807) is 11.3 Å². The van der Waals surface area contributed by atoms with Gasteiger partial charge in [-0.1, -0.05) is 6.92 Å². The highest BCUT2D eigenvalue weighted by molar-refractivity contribution is 7.09. The monoisotopic (exact) mass is 321 g/mol. The third-order valence-electron chi connectivity index (χ3n) is 3.66. The Morgan fingerprint density at radius 3 is 3.00 bits per heavy atom. The maximum absolute atomic E-state index is 12.8. The van der Waals surface area contributed by atoms with Crippen LogP contribution < -0.4 is 5.32 Å². The first-order valence-electron chi connectivity index (χ1n) is 7.42. The van der Waals surface area contributed by atoms with Gasteiger partial charge in [-0.2, -0.15) is 13.2 Å². The molecule has 1 aromatic rings. The molecule has 0 bridgehead atoms. The summed E-state index contributed by atoms with van der Waals surface area (Å²) >= 11 is 1.57. The lowest BCUT2D eigenvalue weighted by Gasteiger charge is -2.33. The number of hydrogen-bond acceptors (Lipinski definition) is 4. The number of nitrogens with one attached hydrogen (secondary N) is 1. The Hall–Kier alpha value is -0.660. The Morgan fingerprint density at radius 2 is 2.29 bits per heavy atom. The van der Waals surface area contributed by atoms with Gasteiger partial charge in [-0.3, -0.25) is 4.90 Å². The molecule has 3 nitrogen and oxygen atoms in total. The predicted molar refractivity (Wildman–Crippen MR) is 78.2 cm³/mol. The van der Waals surface area contributed by atoms with Crippen LogP contribution in [0.2, 0.25) is 0 Å². The van der Waals surface area contributed by atoms with Gasteiger partial charge in [0.1, 0.15) is 5.01 Å². The maximum atomic E-state index is 12.8. The lowest BCUT2D eigenvalue weighted by atomic mass is 9.97. The topological polar surface area (TPSA) is 28.2 Å². The molecule has 1 fully saturated rings. The SMILES string of the molecule is CCCNCc1nc(CN2CCCC(C(F)(F)F)C2)cs1. The molecule has 0 aliphatic carbocycles. The molecular formula is C14H22F3N3S. The molecule has 1 saturated heterocycles. The molecular weight excluding hydrogens is 299 g/mol. The number of piperidine rings is 1. The molecule has 1 N–H and O–H groups in total. The van der Waals surface area contributed by atoms with Gasteiger partial charge in [-0.05, 0) is 32.4 Å². The summed E-state index contributed by atoms with van der Waals surface area (Å²) in [6.45, 7) is 5.15. The minimum Gasteiger partial charge on any atom is -0.310 e. The summed E-state index contributed by atoms with van der Waals surface area (Å²) in [5.41, 5.74) is 0.885. The molecule has 0 radical (unpaired) electrons. The summed E-state index contributed by atoms with van der Waals surface area (Å²) in [5.74, 6) is -1.18. The number of nitrogens with zero attached hydrogens (tertiary/aromatic N) is 2. The minimum absolute atomic E-state index is 0.102. The van der Waals surface area contributed by atoms with Crippen molar-refractivity contribution in [3.63, 3.8) is 0 Å². The van der Waals surface area contributed by atoms with E-state index in [2.05, 4.69) is 17.2 Å². The molecule has 0 saturated carbocycles. The Balaban J connectivity index is 1.84. The van der Waals surface area contributed by atoms with Crippen molar-refractivity contribution in [1.82, 2.24) is 15.2 Å². The van der Waals surface area contributed by atoms with E-state index in [1.165, 1.54) is 0 Å². The first-order chi connectivity index (χ1) is 9.99. The van der Waals surface area contributed by atoms with Crippen molar-refractivity contribution >= 4 is 11.3 Å². The van der Waals surface area contributed by atoms with Crippen LogP contribution in [0.15, 0.2) is 5.38 Å². The fourth-order valence-corrected chi connectivity index (χ4v) is 3.32. The van der Waals surface area contributed by atoms with Crippen molar-refractivity contribution in [2.75, 3.05) is 19.6 Å². The van der Waals surface area contributed by atoms with E-state index in [0.717, 1.165) is 36.8 Å². The summed E-state index contributed by atoms with van der Waals surface area (Å²) in [5, 5.41) is 6.24. The van der Waals surface area contributed by atoms with Gasteiger partial charge in [-0.25, -0.2) is 4.98 Å². The summed E-state index contributed by atoms with van der Waals surface area (Å²) in [6, 6.07) is 0. The minimum atomic E-state index is -4.07. The smallest absolute Gasteiger partial charge is 0.310 e. The normalized spacial score (nSPS) is 20.9. The Bertz CT molecular complexity index is 433. The molecule has 7 heteroatoms. The van der Waals surface area contributed by atoms with Gasteiger partial charge in [0.25, 0.3) is 0 Å².